The van der Waals surface area contributed by atoms with Gasteiger partial charge in [0.05, 0.1) is 13.1 Å². The van der Waals surface area contributed by atoms with Crippen LogP contribution in [0.1, 0.15) is 0 Å². The normalized spacial score (nSPS) is 7.33. The van der Waals surface area contributed by atoms with Gasteiger partial charge in [-0.05, 0) is 5.92 Å². The Balaban J connectivity index is 3.23. The number of nitrogens with one attached hydrogen (secondary N) is 1. The van der Waals surface area contributed by atoms with Gasteiger partial charge in [-0.1, -0.05) is 5.92 Å². The van der Waals surface area contributed by atoms with E-state index in [2.05, 4.69) is 11.2 Å². The van der Waals surface area contributed by atoms with E-state index in [1.165, 1.54) is 0 Å². The number of Topliss-reactive ketones (excluding diaryl/α,β-unsaturated/α-hetero) is 1. The Morgan fingerprint density at radius 2 is 2.22 bits per heavy atom. The molecule has 0 fully saturated rings. The van der Waals surface area contributed by atoms with E-state index in [1.54, 1.807) is 0 Å². The lowest BCUT2D eigenvalue weighted by Crippen LogP contribution is -2.21. The summed E-state index contributed by atoms with van der Waals surface area (Å²) in [5.74, 6) is 4.00. The Morgan fingerprint density at radius 1 is 1.56 bits per heavy atom. The second-order valence-electron chi connectivity index (χ2n) is 1.38. The van der Waals surface area contributed by atoms with Gasteiger partial charge in [0.2, 0.25) is 5.78 Å². The molecule has 46 valence electrons. The van der Waals surface area contributed by atoms with Gasteiger partial charge >= 0.3 is 0 Å². The van der Waals surface area contributed by atoms with Crippen LogP contribution in [0.15, 0.2) is 0 Å². The van der Waals surface area contributed by atoms with Crippen molar-refractivity contribution in [2.75, 3.05) is 13.1 Å². The number of hydrogen-bond acceptors (Lipinski definition) is 2. The first kappa shape index (κ1) is 7.75. The minimum absolute atomic E-state index is 0.167. The number of rotatable bonds is 3. The fourth-order valence-corrected chi connectivity index (χ4v) is 0.299. The third-order valence-corrected chi connectivity index (χ3v) is 0.674. The summed E-state index contributed by atoms with van der Waals surface area (Å²) in [7, 11) is 0. The summed E-state index contributed by atoms with van der Waals surface area (Å²) in [6.07, 6.45) is 9.64. The van der Waals surface area contributed by atoms with E-state index in [0.29, 0.717) is 6.54 Å². The molecule has 0 saturated carbocycles. The summed E-state index contributed by atoms with van der Waals surface area (Å²) in [6, 6.07) is 0. The molecular formula is C7H7NO. The van der Waals surface area contributed by atoms with Crippen LogP contribution in [0.2, 0.25) is 0 Å². The minimum atomic E-state index is -0.273. The molecule has 0 aliphatic rings. The lowest BCUT2D eigenvalue weighted by atomic mass is 10.4. The molecule has 0 saturated heterocycles. The quantitative estimate of drug-likeness (QED) is 0.307. The molecule has 0 rings (SSSR count). The van der Waals surface area contributed by atoms with E-state index < -0.39 is 0 Å². The first-order chi connectivity index (χ1) is 4.31. The van der Waals surface area contributed by atoms with Crippen LogP contribution in [0.4, 0.5) is 0 Å². The van der Waals surface area contributed by atoms with Gasteiger partial charge in [0.15, 0.2) is 0 Å². The summed E-state index contributed by atoms with van der Waals surface area (Å²) in [6.45, 7) is 0.550. The highest BCUT2D eigenvalue weighted by atomic mass is 16.1. The number of hydrogen-bond donors (Lipinski definition) is 1. The molecule has 0 aromatic carbocycles. The number of ketones is 1. The molecule has 1 N–H and O–H groups in total. The lowest BCUT2D eigenvalue weighted by molar-refractivity contribution is -0.113. The molecule has 2 nitrogen and oxygen atoms in total. The molecule has 0 spiro atoms. The Bertz CT molecular complexity index is 170. The SMILES string of the molecule is C#CCNCC(=O)C#C. The Labute approximate surface area is 54.6 Å². The first-order valence-corrected chi connectivity index (χ1v) is 2.45. The van der Waals surface area contributed by atoms with Crippen molar-refractivity contribution in [2.45, 2.75) is 0 Å². The van der Waals surface area contributed by atoms with Gasteiger partial charge in [0, 0.05) is 0 Å². The standard InChI is InChI=1S/C7H7NO/c1-3-5-8-6-7(9)4-2/h1-2,8H,5-6H2. The van der Waals surface area contributed by atoms with E-state index >= 15 is 0 Å². The van der Waals surface area contributed by atoms with Gasteiger partial charge in [-0.15, -0.1) is 12.8 Å². The Hall–Kier alpha value is -1.25. The zero-order valence-corrected chi connectivity index (χ0v) is 4.98. The molecule has 0 aromatic heterocycles. The molecule has 9 heavy (non-hydrogen) atoms. The van der Waals surface area contributed by atoms with Gasteiger partial charge in [-0.25, -0.2) is 0 Å². The topological polar surface area (TPSA) is 29.1 Å². The largest absolute Gasteiger partial charge is 0.298 e. The van der Waals surface area contributed by atoms with Crippen LogP contribution in [-0.2, 0) is 4.79 Å². The number of carbonyl (C=O) groups excluding carboxylic acids is 1. The maximum absolute atomic E-state index is 10.3. The van der Waals surface area contributed by atoms with Gasteiger partial charge in [-0.3, -0.25) is 10.1 Å². The molecule has 0 heterocycles. The predicted molar refractivity (Wildman–Crippen MR) is 35.5 cm³/mol. The van der Waals surface area contributed by atoms with Crippen molar-refractivity contribution in [1.29, 1.82) is 0 Å². The molecule has 0 radical (unpaired) electrons. The number of carbonyl (C=O) groups is 1. The molecule has 0 aromatic rings. The van der Waals surface area contributed by atoms with Crippen LogP contribution < -0.4 is 5.32 Å². The minimum Gasteiger partial charge on any atom is -0.298 e. The van der Waals surface area contributed by atoms with Crippen LogP contribution in [0.25, 0.3) is 0 Å². The predicted octanol–water partition coefficient (Wildman–Crippen LogP) is -0.589. The monoisotopic (exact) mass is 121 g/mol. The average Bonchev–Trinajstić information content (AvgIpc) is 1.89. The van der Waals surface area contributed by atoms with E-state index in [0.717, 1.165) is 0 Å². The highest BCUT2D eigenvalue weighted by molar-refractivity contribution is 5.96. The fraction of sp³-hybridized carbons (Fsp3) is 0.286. The Kier molecular flexibility index (Phi) is 4.22. The van der Waals surface area contributed by atoms with Gasteiger partial charge in [-0.2, -0.15) is 0 Å². The Morgan fingerprint density at radius 3 is 2.67 bits per heavy atom. The first-order valence-electron chi connectivity index (χ1n) is 2.45. The summed E-state index contributed by atoms with van der Waals surface area (Å²) in [5.41, 5.74) is 0. The zero-order valence-electron chi connectivity index (χ0n) is 4.98. The van der Waals surface area contributed by atoms with E-state index in [-0.39, 0.29) is 12.3 Å². The maximum atomic E-state index is 10.3. The fourth-order valence-electron chi connectivity index (χ4n) is 0.299. The third-order valence-electron chi connectivity index (χ3n) is 0.674. The third kappa shape index (κ3) is 4.61. The molecule has 2 heteroatoms. The van der Waals surface area contributed by atoms with Crippen molar-refractivity contribution in [2.24, 2.45) is 0 Å². The zero-order chi connectivity index (χ0) is 7.11. The molecule has 0 bridgehead atoms. The van der Waals surface area contributed by atoms with Crippen molar-refractivity contribution in [3.8, 4) is 24.7 Å². The van der Waals surface area contributed by atoms with E-state index in [4.69, 9.17) is 12.8 Å². The van der Waals surface area contributed by atoms with Gasteiger partial charge in [0.1, 0.15) is 0 Å². The summed E-state index contributed by atoms with van der Waals surface area (Å²) in [4.78, 5) is 10.3. The molecule has 0 atom stereocenters. The summed E-state index contributed by atoms with van der Waals surface area (Å²) >= 11 is 0. The second-order valence-corrected chi connectivity index (χ2v) is 1.38. The number of terminal acetylenes is 2. The van der Waals surface area contributed by atoms with Crippen LogP contribution in [0.5, 0.6) is 0 Å². The highest BCUT2D eigenvalue weighted by Crippen LogP contribution is 1.62. The smallest absolute Gasteiger partial charge is 0.218 e. The van der Waals surface area contributed by atoms with Gasteiger partial charge < -0.3 is 0 Å². The maximum Gasteiger partial charge on any atom is 0.218 e. The van der Waals surface area contributed by atoms with Crippen molar-refractivity contribution >= 4 is 5.78 Å². The van der Waals surface area contributed by atoms with E-state index in [9.17, 15) is 4.79 Å². The van der Waals surface area contributed by atoms with E-state index in [1.807, 2.05) is 5.92 Å². The van der Waals surface area contributed by atoms with Crippen LogP contribution in [0.3, 0.4) is 0 Å². The molecule has 0 amide bonds. The lowest BCUT2D eigenvalue weighted by Gasteiger charge is -1.90. The van der Waals surface area contributed by atoms with Crippen molar-refractivity contribution in [1.82, 2.24) is 5.32 Å². The average molecular weight is 121 g/mol. The molecule has 0 unspecified atom stereocenters. The van der Waals surface area contributed by atoms with Crippen LogP contribution >= 0.6 is 0 Å². The van der Waals surface area contributed by atoms with Crippen molar-refractivity contribution in [3.63, 3.8) is 0 Å². The summed E-state index contributed by atoms with van der Waals surface area (Å²) in [5, 5.41) is 2.66. The molecule has 0 aliphatic carbocycles. The second kappa shape index (κ2) is 4.90. The summed E-state index contributed by atoms with van der Waals surface area (Å²) < 4.78 is 0. The van der Waals surface area contributed by atoms with Crippen LogP contribution in [0, 0.1) is 24.7 Å². The van der Waals surface area contributed by atoms with Crippen LogP contribution in [-0.4, -0.2) is 18.9 Å². The molecule has 0 aliphatic heterocycles. The van der Waals surface area contributed by atoms with Crippen molar-refractivity contribution < 1.29 is 4.79 Å². The molecular weight excluding hydrogens is 114 g/mol. The van der Waals surface area contributed by atoms with Gasteiger partial charge in [0.25, 0.3) is 0 Å². The highest BCUT2D eigenvalue weighted by Gasteiger charge is 1.90. The van der Waals surface area contributed by atoms with Crippen molar-refractivity contribution in [3.05, 3.63) is 0 Å².